The molecule has 1 amide bonds. The van der Waals surface area contributed by atoms with Crippen molar-refractivity contribution in [3.8, 4) is 5.75 Å². The highest BCUT2D eigenvalue weighted by Crippen LogP contribution is 2.23. The molecule has 1 saturated heterocycles. The van der Waals surface area contributed by atoms with Crippen molar-refractivity contribution in [2.45, 2.75) is 13.5 Å². The lowest BCUT2D eigenvalue weighted by molar-refractivity contribution is 0.0693. The van der Waals surface area contributed by atoms with Gasteiger partial charge in [-0.15, -0.1) is 11.3 Å². The Morgan fingerprint density at radius 3 is 2.45 bits per heavy atom. The highest BCUT2D eigenvalue weighted by molar-refractivity contribution is 7.92. The summed E-state index contributed by atoms with van der Waals surface area (Å²) in [5.74, 6) is 0.325. The fourth-order valence-electron chi connectivity index (χ4n) is 3.53. The second-order valence-corrected chi connectivity index (χ2v) is 10.5. The second-order valence-electron chi connectivity index (χ2n) is 7.59. The molecule has 0 atom stereocenters. The van der Waals surface area contributed by atoms with Crippen LogP contribution in [0.3, 0.4) is 0 Å². The van der Waals surface area contributed by atoms with Crippen LogP contribution in [-0.2, 0) is 16.6 Å². The number of hydrogen-bond donors (Lipinski definition) is 0. The van der Waals surface area contributed by atoms with E-state index in [4.69, 9.17) is 4.74 Å². The molecule has 0 aliphatic carbocycles. The Morgan fingerprint density at radius 1 is 1.06 bits per heavy atom. The van der Waals surface area contributed by atoms with E-state index in [0.29, 0.717) is 24.4 Å². The van der Waals surface area contributed by atoms with Gasteiger partial charge < -0.3 is 9.64 Å². The van der Waals surface area contributed by atoms with Crippen LogP contribution < -0.4 is 4.74 Å². The standard InChI is InChI=1S/C24H25N3O4S2/c1-19-25-21(18-32-19)17-31-23-10-6-5-9-22(23)24(28)26-12-14-27(15-13-26)33(29,30)16-11-20-7-3-2-4-8-20/h2-11,16,18H,12-15,17H2,1H3/b16-11+. The van der Waals surface area contributed by atoms with Crippen LogP contribution in [0.15, 0.2) is 65.4 Å². The smallest absolute Gasteiger partial charge is 0.257 e. The molecule has 1 fully saturated rings. The number of sulfonamides is 1. The number of amides is 1. The van der Waals surface area contributed by atoms with Gasteiger partial charge in [0, 0.05) is 37.0 Å². The summed E-state index contributed by atoms with van der Waals surface area (Å²) in [6.07, 6.45) is 1.59. The third-order valence-corrected chi connectivity index (χ3v) is 7.66. The van der Waals surface area contributed by atoms with Crippen molar-refractivity contribution in [2.75, 3.05) is 26.2 Å². The van der Waals surface area contributed by atoms with Crippen molar-refractivity contribution in [3.63, 3.8) is 0 Å². The van der Waals surface area contributed by atoms with Crippen LogP contribution in [0.1, 0.15) is 26.6 Å². The molecular weight excluding hydrogens is 458 g/mol. The van der Waals surface area contributed by atoms with E-state index in [1.165, 1.54) is 9.71 Å². The lowest BCUT2D eigenvalue weighted by Crippen LogP contribution is -2.50. The van der Waals surface area contributed by atoms with Crippen LogP contribution in [0.5, 0.6) is 5.75 Å². The van der Waals surface area contributed by atoms with Crippen LogP contribution in [0.4, 0.5) is 0 Å². The molecule has 0 radical (unpaired) electrons. The number of aromatic nitrogens is 1. The molecule has 2 aromatic carbocycles. The zero-order chi connectivity index (χ0) is 23.3. The van der Waals surface area contributed by atoms with Crippen molar-refractivity contribution in [2.24, 2.45) is 0 Å². The van der Waals surface area contributed by atoms with Crippen LogP contribution in [0.25, 0.3) is 6.08 Å². The first kappa shape index (κ1) is 23.2. The number of ether oxygens (including phenoxy) is 1. The predicted molar refractivity (Wildman–Crippen MR) is 129 cm³/mol. The van der Waals surface area contributed by atoms with Crippen molar-refractivity contribution < 1.29 is 17.9 Å². The maximum Gasteiger partial charge on any atom is 0.257 e. The van der Waals surface area contributed by atoms with E-state index in [0.717, 1.165) is 16.3 Å². The van der Waals surface area contributed by atoms with E-state index in [2.05, 4.69) is 4.98 Å². The Kier molecular flexibility index (Phi) is 7.22. The minimum Gasteiger partial charge on any atom is -0.486 e. The summed E-state index contributed by atoms with van der Waals surface area (Å²) in [5, 5.41) is 4.12. The van der Waals surface area contributed by atoms with E-state index in [-0.39, 0.29) is 25.6 Å². The minimum absolute atomic E-state index is 0.170. The summed E-state index contributed by atoms with van der Waals surface area (Å²) in [7, 11) is -3.56. The van der Waals surface area contributed by atoms with Gasteiger partial charge in [0.2, 0.25) is 10.0 Å². The molecule has 0 saturated carbocycles. The number of carbonyl (C=O) groups excluding carboxylic acids is 1. The van der Waals surface area contributed by atoms with Crippen molar-refractivity contribution in [1.29, 1.82) is 0 Å². The molecule has 0 N–H and O–H groups in total. The van der Waals surface area contributed by atoms with Gasteiger partial charge >= 0.3 is 0 Å². The third kappa shape index (κ3) is 5.87. The van der Waals surface area contributed by atoms with E-state index < -0.39 is 10.0 Å². The Labute approximate surface area is 198 Å². The summed E-state index contributed by atoms with van der Waals surface area (Å²) >= 11 is 1.55. The summed E-state index contributed by atoms with van der Waals surface area (Å²) < 4.78 is 32.7. The molecule has 1 aliphatic rings. The van der Waals surface area contributed by atoms with E-state index in [1.807, 2.05) is 48.7 Å². The van der Waals surface area contributed by atoms with Crippen molar-refractivity contribution in [1.82, 2.24) is 14.2 Å². The van der Waals surface area contributed by atoms with Gasteiger partial charge in [-0.25, -0.2) is 13.4 Å². The number of para-hydroxylation sites is 1. The quantitative estimate of drug-likeness (QED) is 0.511. The van der Waals surface area contributed by atoms with Crippen LogP contribution >= 0.6 is 11.3 Å². The molecule has 0 spiro atoms. The second kappa shape index (κ2) is 10.3. The van der Waals surface area contributed by atoms with Gasteiger partial charge in [-0.2, -0.15) is 4.31 Å². The minimum atomic E-state index is -3.56. The number of thiazole rings is 1. The molecule has 9 heteroatoms. The average molecular weight is 484 g/mol. The average Bonchev–Trinajstić information content (AvgIpc) is 3.27. The summed E-state index contributed by atoms with van der Waals surface area (Å²) in [4.78, 5) is 19.2. The van der Waals surface area contributed by atoms with E-state index in [1.54, 1.807) is 40.5 Å². The molecular formula is C24H25N3O4S2. The fourth-order valence-corrected chi connectivity index (χ4v) is 5.30. The third-order valence-electron chi connectivity index (χ3n) is 5.28. The molecule has 172 valence electrons. The Morgan fingerprint density at radius 2 is 1.76 bits per heavy atom. The monoisotopic (exact) mass is 483 g/mol. The molecule has 0 bridgehead atoms. The topological polar surface area (TPSA) is 79.8 Å². The number of carbonyl (C=O) groups is 1. The van der Waals surface area contributed by atoms with Gasteiger partial charge in [0.25, 0.3) is 5.91 Å². The van der Waals surface area contributed by atoms with Crippen LogP contribution in [-0.4, -0.2) is 54.7 Å². The maximum atomic E-state index is 13.2. The number of piperazine rings is 1. The van der Waals surface area contributed by atoms with Crippen molar-refractivity contribution >= 4 is 33.3 Å². The first-order valence-electron chi connectivity index (χ1n) is 10.6. The van der Waals surface area contributed by atoms with Gasteiger partial charge in [0.15, 0.2) is 0 Å². The molecule has 33 heavy (non-hydrogen) atoms. The summed E-state index contributed by atoms with van der Waals surface area (Å²) in [5.41, 5.74) is 2.10. The number of benzene rings is 2. The Balaban J connectivity index is 1.38. The SMILES string of the molecule is Cc1nc(COc2ccccc2C(=O)N2CCN(S(=O)(=O)/C=C/c3ccccc3)CC2)cs1. The molecule has 4 rings (SSSR count). The normalized spacial score (nSPS) is 15.1. The first-order chi connectivity index (χ1) is 15.9. The van der Waals surface area contributed by atoms with Gasteiger partial charge in [0.05, 0.1) is 16.3 Å². The zero-order valence-electron chi connectivity index (χ0n) is 18.3. The lowest BCUT2D eigenvalue weighted by Gasteiger charge is -2.33. The molecule has 1 aromatic heterocycles. The fraction of sp³-hybridized carbons (Fsp3) is 0.250. The maximum absolute atomic E-state index is 13.2. The van der Waals surface area contributed by atoms with Crippen molar-refractivity contribution in [3.05, 3.63) is 87.2 Å². The molecule has 0 unspecified atom stereocenters. The lowest BCUT2D eigenvalue weighted by atomic mass is 10.1. The Hall–Kier alpha value is -3.01. The molecule has 1 aliphatic heterocycles. The zero-order valence-corrected chi connectivity index (χ0v) is 19.9. The van der Waals surface area contributed by atoms with Crippen LogP contribution in [0.2, 0.25) is 0 Å². The van der Waals surface area contributed by atoms with Gasteiger partial charge in [-0.3, -0.25) is 4.79 Å². The van der Waals surface area contributed by atoms with E-state index in [9.17, 15) is 13.2 Å². The van der Waals surface area contributed by atoms with Crippen LogP contribution in [0, 0.1) is 6.92 Å². The van der Waals surface area contributed by atoms with Gasteiger partial charge in [0.1, 0.15) is 12.4 Å². The number of nitrogens with zero attached hydrogens (tertiary/aromatic N) is 3. The molecule has 2 heterocycles. The molecule has 3 aromatic rings. The number of rotatable bonds is 7. The first-order valence-corrected chi connectivity index (χ1v) is 13.0. The molecule has 7 nitrogen and oxygen atoms in total. The highest BCUT2D eigenvalue weighted by Gasteiger charge is 2.29. The summed E-state index contributed by atoms with van der Waals surface area (Å²) in [6, 6.07) is 16.4. The highest BCUT2D eigenvalue weighted by atomic mass is 32.2. The van der Waals surface area contributed by atoms with Gasteiger partial charge in [-0.05, 0) is 30.7 Å². The Bertz CT molecular complexity index is 1230. The van der Waals surface area contributed by atoms with Gasteiger partial charge in [-0.1, -0.05) is 42.5 Å². The predicted octanol–water partition coefficient (Wildman–Crippen LogP) is 3.79. The number of aryl methyl sites for hydroxylation is 1. The number of hydrogen-bond acceptors (Lipinski definition) is 6. The van der Waals surface area contributed by atoms with E-state index >= 15 is 0 Å². The largest absolute Gasteiger partial charge is 0.486 e. The summed E-state index contributed by atoms with van der Waals surface area (Å²) in [6.45, 7) is 3.34.